The lowest BCUT2D eigenvalue weighted by Gasteiger charge is -2.45. The second kappa shape index (κ2) is 11.3. The molecule has 5 heteroatoms. The van der Waals surface area contributed by atoms with Gasteiger partial charge in [0.15, 0.2) is 8.32 Å². The van der Waals surface area contributed by atoms with Crippen molar-refractivity contribution in [1.29, 1.82) is 0 Å². The van der Waals surface area contributed by atoms with Gasteiger partial charge in [0, 0.05) is 6.61 Å². The Labute approximate surface area is 218 Å². The summed E-state index contributed by atoms with van der Waals surface area (Å²) in [6.07, 6.45) is 3.14. The van der Waals surface area contributed by atoms with Gasteiger partial charge < -0.3 is 8.85 Å². The van der Waals surface area contributed by atoms with Crippen LogP contribution in [0.15, 0.2) is 70.3 Å². The molecule has 0 saturated heterocycles. The Morgan fingerprint density at radius 3 is 1.67 bits per heavy atom. The van der Waals surface area contributed by atoms with E-state index in [1.165, 1.54) is 14.0 Å². The number of benzene rings is 2. The lowest BCUT2D eigenvalue weighted by Crippen LogP contribution is -2.67. The molecule has 2 rings (SSSR count). The summed E-state index contributed by atoms with van der Waals surface area (Å²) in [5.74, 6) is 0. The Kier molecular flexibility index (Phi) is 9.79. The summed E-state index contributed by atoms with van der Waals surface area (Å²) in [5, 5.41) is 2.80. The average molecular weight is 595 g/mol. The summed E-state index contributed by atoms with van der Waals surface area (Å²) in [6, 6.07) is 21.8. The maximum Gasteiger partial charge on any atom is 0.261 e. The summed E-state index contributed by atoms with van der Waals surface area (Å²) >= 11 is 2.40. The second-order valence-electron chi connectivity index (χ2n) is 11.5. The van der Waals surface area contributed by atoms with Crippen molar-refractivity contribution in [1.82, 2.24) is 0 Å². The van der Waals surface area contributed by atoms with Crippen LogP contribution in [0, 0.1) is 0 Å². The van der Waals surface area contributed by atoms with Crippen LogP contribution in [0.4, 0.5) is 0 Å². The van der Waals surface area contributed by atoms with E-state index in [0.717, 1.165) is 13.0 Å². The van der Waals surface area contributed by atoms with E-state index in [9.17, 15) is 0 Å². The van der Waals surface area contributed by atoms with E-state index >= 15 is 0 Å². The van der Waals surface area contributed by atoms with E-state index in [4.69, 9.17) is 8.85 Å². The highest BCUT2D eigenvalue weighted by Crippen LogP contribution is 2.39. The molecule has 0 aliphatic heterocycles. The van der Waals surface area contributed by atoms with Crippen LogP contribution in [0.25, 0.3) is 0 Å². The van der Waals surface area contributed by atoms with E-state index in [1.807, 2.05) is 0 Å². The minimum absolute atomic E-state index is 0.00188. The molecule has 0 aromatic heterocycles. The number of hydrogen-bond donors (Lipinski definition) is 0. The summed E-state index contributed by atoms with van der Waals surface area (Å²) in [6.45, 7) is 21.4. The van der Waals surface area contributed by atoms with Crippen LogP contribution in [-0.2, 0) is 8.85 Å². The quantitative estimate of drug-likeness (QED) is 0.219. The van der Waals surface area contributed by atoms with Crippen molar-refractivity contribution in [2.24, 2.45) is 0 Å². The molecule has 0 N–H and O–H groups in total. The molecule has 0 unspecified atom stereocenters. The first-order valence-corrected chi connectivity index (χ1v) is 17.9. The lowest BCUT2D eigenvalue weighted by molar-refractivity contribution is 0.180. The Bertz CT molecular complexity index is 853. The van der Waals surface area contributed by atoms with Crippen molar-refractivity contribution < 1.29 is 8.85 Å². The van der Waals surface area contributed by atoms with Gasteiger partial charge in [0.2, 0.25) is 0 Å². The second-order valence-corrected chi connectivity index (χ2v) is 22.2. The Morgan fingerprint density at radius 1 is 0.848 bits per heavy atom. The van der Waals surface area contributed by atoms with Gasteiger partial charge in [-0.05, 0) is 79.1 Å². The third-order valence-electron chi connectivity index (χ3n) is 6.83. The molecule has 0 aliphatic carbocycles. The van der Waals surface area contributed by atoms with Crippen molar-refractivity contribution in [3.8, 4) is 0 Å². The van der Waals surface area contributed by atoms with Crippen LogP contribution in [0.1, 0.15) is 54.9 Å². The molecule has 0 saturated carbocycles. The van der Waals surface area contributed by atoms with Gasteiger partial charge >= 0.3 is 0 Å². The normalized spacial score (nSPS) is 14.9. The zero-order chi connectivity index (χ0) is 24.9. The van der Waals surface area contributed by atoms with Crippen molar-refractivity contribution >= 4 is 49.6 Å². The third-order valence-corrected chi connectivity index (χ3v) is 16.8. The van der Waals surface area contributed by atoms with Gasteiger partial charge in [0.05, 0.1) is 6.10 Å². The lowest BCUT2D eigenvalue weighted by atomic mass is 10.2. The molecule has 182 valence electrons. The molecular formula is C28H43IO2Si2. The molecule has 0 heterocycles. The first kappa shape index (κ1) is 28.5. The Hall–Kier alpha value is -0.736. The first-order valence-electron chi connectivity index (χ1n) is 12.0. The molecule has 2 nitrogen and oxygen atoms in total. The van der Waals surface area contributed by atoms with E-state index in [2.05, 4.69) is 151 Å². The molecule has 2 aromatic rings. The molecule has 33 heavy (non-hydrogen) atoms. The van der Waals surface area contributed by atoms with Crippen molar-refractivity contribution in [2.75, 3.05) is 6.61 Å². The van der Waals surface area contributed by atoms with Gasteiger partial charge in [0.25, 0.3) is 8.32 Å². The van der Waals surface area contributed by atoms with E-state index in [-0.39, 0.29) is 16.2 Å². The van der Waals surface area contributed by atoms with Gasteiger partial charge in [0.1, 0.15) is 0 Å². The predicted octanol–water partition coefficient (Wildman–Crippen LogP) is 7.68. The van der Waals surface area contributed by atoms with E-state index in [0.29, 0.717) is 0 Å². The van der Waals surface area contributed by atoms with Gasteiger partial charge in [-0.25, -0.2) is 0 Å². The zero-order valence-corrected chi connectivity index (χ0v) is 26.2. The molecule has 0 aliphatic rings. The fourth-order valence-corrected chi connectivity index (χ4v) is 10.1. The monoisotopic (exact) mass is 594 g/mol. The van der Waals surface area contributed by atoms with Crippen LogP contribution in [-0.4, -0.2) is 29.3 Å². The Balaban J connectivity index is 2.50. The molecule has 0 spiro atoms. The number of rotatable bonds is 9. The molecule has 0 bridgehead atoms. The SMILES string of the molecule is C/C(I)=C\[C@H](CCO[Si](C)(C)C(C)(C)C)O[Si](c1ccccc1)(c1ccccc1)C(C)(C)C. The standard InChI is InChI=1S/C28H43IO2Si2/c1-23(29)22-24(20-21-30-32(8,9)27(2,3)4)31-33(28(5,6)7,25-16-12-10-13-17-25)26-18-14-11-15-19-26/h10-19,22,24H,20-21H2,1-9H3/b23-22+/t24-/m0/s1. The van der Waals surface area contributed by atoms with Gasteiger partial charge in [-0.1, -0.05) is 102 Å². The molecular weight excluding hydrogens is 551 g/mol. The number of hydrogen-bond acceptors (Lipinski definition) is 2. The largest absolute Gasteiger partial charge is 0.417 e. The fourth-order valence-electron chi connectivity index (χ4n) is 4.00. The summed E-state index contributed by atoms with van der Waals surface area (Å²) < 4.78 is 15.2. The number of allylic oxidation sites excluding steroid dienone is 1. The molecule has 0 amide bonds. The molecule has 1 atom stereocenters. The van der Waals surface area contributed by atoms with Crippen molar-refractivity contribution in [2.45, 2.75) is 84.2 Å². The highest BCUT2D eigenvalue weighted by Gasteiger charge is 2.51. The minimum Gasteiger partial charge on any atom is -0.417 e. The molecule has 2 aromatic carbocycles. The molecule has 0 radical (unpaired) electrons. The summed E-state index contributed by atoms with van der Waals surface area (Å²) in [4.78, 5) is 0. The topological polar surface area (TPSA) is 18.5 Å². The maximum atomic E-state index is 7.38. The predicted molar refractivity (Wildman–Crippen MR) is 158 cm³/mol. The van der Waals surface area contributed by atoms with Crippen LogP contribution in [0.3, 0.4) is 0 Å². The maximum absolute atomic E-state index is 7.38. The van der Waals surface area contributed by atoms with Crippen molar-refractivity contribution in [3.63, 3.8) is 0 Å². The van der Waals surface area contributed by atoms with Crippen LogP contribution in [0.5, 0.6) is 0 Å². The van der Waals surface area contributed by atoms with Crippen molar-refractivity contribution in [3.05, 3.63) is 70.3 Å². The molecule has 0 fully saturated rings. The van der Waals surface area contributed by atoms with Gasteiger partial charge in [-0.3, -0.25) is 0 Å². The van der Waals surface area contributed by atoms with E-state index in [1.54, 1.807) is 0 Å². The minimum atomic E-state index is -2.60. The first-order chi connectivity index (χ1) is 15.2. The van der Waals surface area contributed by atoms with E-state index < -0.39 is 16.6 Å². The third kappa shape index (κ3) is 7.13. The zero-order valence-electron chi connectivity index (χ0n) is 22.0. The number of halogens is 1. The summed E-state index contributed by atoms with van der Waals surface area (Å²) in [5.41, 5.74) is 0. The smallest absolute Gasteiger partial charge is 0.261 e. The Morgan fingerprint density at radius 2 is 1.30 bits per heavy atom. The average Bonchev–Trinajstić information content (AvgIpc) is 2.70. The van der Waals surface area contributed by atoms with Crippen LogP contribution >= 0.6 is 22.6 Å². The van der Waals surface area contributed by atoms with Crippen LogP contribution in [0.2, 0.25) is 23.2 Å². The highest BCUT2D eigenvalue weighted by atomic mass is 127. The van der Waals surface area contributed by atoms with Gasteiger partial charge in [-0.2, -0.15) is 0 Å². The van der Waals surface area contributed by atoms with Crippen LogP contribution < -0.4 is 10.4 Å². The van der Waals surface area contributed by atoms with Gasteiger partial charge in [-0.15, -0.1) is 0 Å². The fraction of sp³-hybridized carbons (Fsp3) is 0.500. The summed E-state index contributed by atoms with van der Waals surface area (Å²) in [7, 11) is -4.41. The highest BCUT2D eigenvalue weighted by molar-refractivity contribution is 14.1.